The van der Waals surface area contributed by atoms with E-state index in [0.717, 1.165) is 12.0 Å². The molecule has 6 nitrogen and oxygen atoms in total. The van der Waals surface area contributed by atoms with Gasteiger partial charge in [0.2, 0.25) is 11.8 Å². The van der Waals surface area contributed by atoms with Crippen molar-refractivity contribution in [2.75, 3.05) is 6.54 Å². The fourth-order valence-corrected chi connectivity index (χ4v) is 4.53. The van der Waals surface area contributed by atoms with Gasteiger partial charge in [-0.1, -0.05) is 60.2 Å². The maximum Gasteiger partial charge on any atom is 0.225 e. The molecular formula is C26H27N3O3. The molecule has 0 spiro atoms. The van der Waals surface area contributed by atoms with Crippen LogP contribution in [0.3, 0.4) is 0 Å². The molecule has 6 heteroatoms. The van der Waals surface area contributed by atoms with E-state index in [1.807, 2.05) is 54.3 Å². The van der Waals surface area contributed by atoms with Crippen LogP contribution in [-0.2, 0) is 16.0 Å². The van der Waals surface area contributed by atoms with Crippen LogP contribution in [0, 0.1) is 6.92 Å². The Morgan fingerprint density at radius 3 is 2.72 bits per heavy atom. The highest BCUT2D eigenvalue weighted by molar-refractivity contribution is 5.83. The van der Waals surface area contributed by atoms with Gasteiger partial charge >= 0.3 is 0 Å². The third-order valence-corrected chi connectivity index (χ3v) is 6.36. The molecule has 1 saturated heterocycles. The molecule has 1 aliphatic carbocycles. The number of hydrogen-bond donors (Lipinski definition) is 1. The van der Waals surface area contributed by atoms with Crippen LogP contribution in [0.1, 0.15) is 42.2 Å². The van der Waals surface area contributed by atoms with Crippen LogP contribution in [0.4, 0.5) is 0 Å². The second-order valence-corrected chi connectivity index (χ2v) is 8.82. The van der Waals surface area contributed by atoms with E-state index in [9.17, 15) is 9.59 Å². The van der Waals surface area contributed by atoms with E-state index in [0.29, 0.717) is 37.0 Å². The van der Waals surface area contributed by atoms with E-state index in [4.69, 9.17) is 4.42 Å². The zero-order valence-electron chi connectivity index (χ0n) is 18.2. The highest BCUT2D eigenvalue weighted by Gasteiger charge is 2.47. The average Bonchev–Trinajstić information content (AvgIpc) is 3.30. The predicted molar refractivity (Wildman–Crippen MR) is 121 cm³/mol. The summed E-state index contributed by atoms with van der Waals surface area (Å²) in [6.45, 7) is 2.63. The minimum atomic E-state index is -0.125. The molecule has 2 amide bonds. The monoisotopic (exact) mass is 429 g/mol. The fraction of sp³-hybridized carbons (Fsp3) is 0.346. The zero-order valence-corrected chi connectivity index (χ0v) is 18.2. The first-order valence-corrected chi connectivity index (χ1v) is 11.2. The summed E-state index contributed by atoms with van der Waals surface area (Å²) in [7, 11) is 0. The number of carbonyl (C=O) groups is 2. The summed E-state index contributed by atoms with van der Waals surface area (Å²) in [5, 5.41) is 3.02. The van der Waals surface area contributed by atoms with Crippen molar-refractivity contribution in [1.29, 1.82) is 0 Å². The molecule has 3 aromatic rings. The minimum absolute atomic E-state index is 0.0739. The van der Waals surface area contributed by atoms with Crippen LogP contribution in [0.5, 0.6) is 0 Å². The number of nitrogens with zero attached hydrogens (tertiary/aromatic N) is 2. The molecule has 5 rings (SSSR count). The first-order chi connectivity index (χ1) is 15.6. The van der Waals surface area contributed by atoms with Gasteiger partial charge in [0.15, 0.2) is 11.7 Å². The molecule has 3 atom stereocenters. The van der Waals surface area contributed by atoms with Gasteiger partial charge in [-0.25, -0.2) is 4.98 Å². The quantitative estimate of drug-likeness (QED) is 0.619. The van der Waals surface area contributed by atoms with Crippen molar-refractivity contribution in [1.82, 2.24) is 15.2 Å². The van der Waals surface area contributed by atoms with E-state index in [1.54, 1.807) is 6.20 Å². The van der Waals surface area contributed by atoms with Crippen LogP contribution < -0.4 is 5.32 Å². The number of benzene rings is 2. The van der Waals surface area contributed by atoms with Crippen molar-refractivity contribution in [3.63, 3.8) is 0 Å². The summed E-state index contributed by atoms with van der Waals surface area (Å²) in [5.41, 5.74) is 3.44. The van der Waals surface area contributed by atoms with Gasteiger partial charge < -0.3 is 14.6 Å². The average molecular weight is 430 g/mol. The van der Waals surface area contributed by atoms with Gasteiger partial charge in [0.25, 0.3) is 0 Å². The normalized spacial score (nSPS) is 22.2. The van der Waals surface area contributed by atoms with E-state index in [1.165, 1.54) is 11.1 Å². The number of amides is 2. The highest BCUT2D eigenvalue weighted by Crippen LogP contribution is 2.45. The van der Waals surface area contributed by atoms with Gasteiger partial charge in [0.05, 0.1) is 12.2 Å². The second kappa shape index (κ2) is 8.61. The molecule has 2 aromatic carbocycles. The molecule has 2 aliphatic rings. The van der Waals surface area contributed by atoms with Crippen molar-refractivity contribution >= 4 is 11.8 Å². The number of hydrogen-bond acceptors (Lipinski definition) is 4. The smallest absolute Gasteiger partial charge is 0.225 e. The number of carbonyl (C=O) groups excluding carboxylic acids is 2. The molecule has 0 bridgehead atoms. The molecule has 1 saturated carbocycles. The first kappa shape index (κ1) is 20.5. The van der Waals surface area contributed by atoms with Crippen LogP contribution in [0.25, 0.3) is 11.3 Å². The standard InChI is InChI=1S/C26H27N3O3/c1-17-7-9-19(10-8-17)23-15-27-25(32-23)12-11-24(30)28-20-13-26(31)29(16-20)22-14-21(22)18-5-3-2-4-6-18/h2-10,15,20-22H,11-14,16H2,1H3,(H,28,30)/t20-,21+,22+/m1/s1. The molecule has 1 aliphatic heterocycles. The molecule has 164 valence electrons. The predicted octanol–water partition coefficient (Wildman–Crippen LogP) is 3.86. The van der Waals surface area contributed by atoms with Crippen LogP contribution >= 0.6 is 0 Å². The molecular weight excluding hydrogens is 402 g/mol. The van der Waals surface area contributed by atoms with E-state index >= 15 is 0 Å². The maximum absolute atomic E-state index is 12.5. The zero-order chi connectivity index (χ0) is 22.1. The molecule has 1 aromatic heterocycles. The number of aromatic nitrogens is 1. The largest absolute Gasteiger partial charge is 0.441 e. The Morgan fingerprint density at radius 1 is 1.16 bits per heavy atom. The Kier molecular flexibility index (Phi) is 5.52. The number of oxazole rings is 1. The summed E-state index contributed by atoms with van der Waals surface area (Å²) in [4.78, 5) is 31.2. The molecule has 0 unspecified atom stereocenters. The number of aryl methyl sites for hydroxylation is 2. The Hall–Kier alpha value is -3.41. The lowest BCUT2D eigenvalue weighted by Crippen LogP contribution is -2.37. The lowest BCUT2D eigenvalue weighted by atomic mass is 10.1. The van der Waals surface area contributed by atoms with Gasteiger partial charge in [-0.2, -0.15) is 0 Å². The second-order valence-electron chi connectivity index (χ2n) is 8.82. The highest BCUT2D eigenvalue weighted by atomic mass is 16.4. The van der Waals surface area contributed by atoms with E-state index < -0.39 is 0 Å². The van der Waals surface area contributed by atoms with Crippen LogP contribution in [-0.4, -0.2) is 40.3 Å². The summed E-state index contributed by atoms with van der Waals surface area (Å²) < 4.78 is 5.80. The summed E-state index contributed by atoms with van der Waals surface area (Å²) >= 11 is 0. The van der Waals surface area contributed by atoms with Gasteiger partial charge in [0.1, 0.15) is 0 Å². The SMILES string of the molecule is Cc1ccc(-c2cnc(CCC(=O)N[C@@H]3CC(=O)N([C@H]4C[C@H]4c4ccccc4)C3)o2)cc1. The van der Waals surface area contributed by atoms with Gasteiger partial charge in [-0.05, 0) is 18.9 Å². The number of nitrogens with one attached hydrogen (secondary N) is 1. The molecule has 2 fully saturated rings. The van der Waals surface area contributed by atoms with E-state index in [-0.39, 0.29) is 30.3 Å². The molecule has 1 N–H and O–H groups in total. The summed E-state index contributed by atoms with van der Waals surface area (Å²) in [6.07, 6.45) is 3.80. The van der Waals surface area contributed by atoms with Crippen molar-refractivity contribution in [2.24, 2.45) is 0 Å². The summed E-state index contributed by atoms with van der Waals surface area (Å²) in [5.74, 6) is 1.73. The Bertz CT molecular complexity index is 1110. The Balaban J connectivity index is 1.10. The van der Waals surface area contributed by atoms with Gasteiger partial charge in [-0.3, -0.25) is 9.59 Å². The van der Waals surface area contributed by atoms with Gasteiger partial charge in [-0.15, -0.1) is 0 Å². The molecule has 32 heavy (non-hydrogen) atoms. The fourth-order valence-electron chi connectivity index (χ4n) is 4.53. The maximum atomic E-state index is 12.5. The third kappa shape index (κ3) is 4.44. The van der Waals surface area contributed by atoms with Gasteiger partial charge in [0, 0.05) is 43.3 Å². The van der Waals surface area contributed by atoms with Crippen molar-refractivity contribution in [3.8, 4) is 11.3 Å². The van der Waals surface area contributed by atoms with Crippen LogP contribution in [0.15, 0.2) is 65.2 Å². The summed E-state index contributed by atoms with van der Waals surface area (Å²) in [6, 6.07) is 18.5. The number of likely N-dealkylation sites (tertiary alicyclic amines) is 1. The first-order valence-electron chi connectivity index (χ1n) is 11.2. The lowest BCUT2D eigenvalue weighted by Gasteiger charge is -2.17. The molecule has 0 radical (unpaired) electrons. The van der Waals surface area contributed by atoms with Crippen molar-refractivity contribution in [3.05, 3.63) is 77.8 Å². The lowest BCUT2D eigenvalue weighted by molar-refractivity contribution is -0.128. The Morgan fingerprint density at radius 2 is 1.94 bits per heavy atom. The van der Waals surface area contributed by atoms with Crippen molar-refractivity contribution in [2.45, 2.75) is 50.6 Å². The van der Waals surface area contributed by atoms with Crippen molar-refractivity contribution < 1.29 is 14.0 Å². The number of rotatable bonds is 7. The van der Waals surface area contributed by atoms with E-state index in [2.05, 4.69) is 22.4 Å². The minimum Gasteiger partial charge on any atom is -0.441 e. The third-order valence-electron chi connectivity index (χ3n) is 6.36. The molecule has 2 heterocycles. The topological polar surface area (TPSA) is 75.4 Å². The Labute approximate surface area is 187 Å². The van der Waals surface area contributed by atoms with Crippen LogP contribution in [0.2, 0.25) is 0 Å².